The summed E-state index contributed by atoms with van der Waals surface area (Å²) in [6.07, 6.45) is 1.13. The molecule has 110 valence electrons. The molecule has 7 nitrogen and oxygen atoms in total. The summed E-state index contributed by atoms with van der Waals surface area (Å²) in [5.74, 6) is -0.437. The van der Waals surface area contributed by atoms with Gasteiger partial charge in [0.25, 0.3) is 5.69 Å². The molecule has 1 aromatic rings. The van der Waals surface area contributed by atoms with Gasteiger partial charge in [0.05, 0.1) is 16.2 Å². The minimum atomic E-state index is -3.10. The number of hydrogen-bond acceptors (Lipinski definition) is 6. The Kier molecular flexibility index (Phi) is 4.83. The highest BCUT2D eigenvalue weighted by Crippen LogP contribution is 2.25. The number of nitro groups is 1. The molecule has 8 heteroatoms. The van der Waals surface area contributed by atoms with Crippen LogP contribution in [0.15, 0.2) is 18.2 Å². The van der Waals surface area contributed by atoms with E-state index >= 15 is 0 Å². The molecular formula is C12H16N2O5S. The summed E-state index contributed by atoms with van der Waals surface area (Å²) in [5, 5.41) is 11.0. The molecule has 0 N–H and O–H groups in total. The molecule has 0 heterocycles. The van der Waals surface area contributed by atoms with Gasteiger partial charge in [-0.15, -0.1) is 0 Å². The second-order valence-corrected chi connectivity index (χ2v) is 6.83. The highest BCUT2D eigenvalue weighted by molar-refractivity contribution is 7.90. The summed E-state index contributed by atoms with van der Waals surface area (Å²) in [6.45, 7) is 1.48. The second kappa shape index (κ2) is 6.00. The molecule has 0 spiro atoms. The lowest BCUT2D eigenvalue weighted by Gasteiger charge is -2.18. The molecule has 20 heavy (non-hydrogen) atoms. The molecule has 0 aliphatic heterocycles. The van der Waals surface area contributed by atoms with Gasteiger partial charge < -0.3 is 4.90 Å². The summed E-state index contributed by atoms with van der Waals surface area (Å²) >= 11 is 0. The van der Waals surface area contributed by atoms with Gasteiger partial charge in [-0.3, -0.25) is 14.9 Å². The number of sulfone groups is 1. The lowest BCUT2D eigenvalue weighted by Crippen LogP contribution is -2.25. The Bertz CT molecular complexity index is 639. The van der Waals surface area contributed by atoms with Crippen molar-refractivity contribution in [2.75, 3.05) is 30.5 Å². The number of ketones is 1. The number of carbonyl (C=O) groups is 1. The average molecular weight is 300 g/mol. The fourth-order valence-corrected chi connectivity index (χ4v) is 2.24. The van der Waals surface area contributed by atoms with Crippen molar-refractivity contribution in [1.82, 2.24) is 0 Å². The van der Waals surface area contributed by atoms with Gasteiger partial charge >= 0.3 is 0 Å². The highest BCUT2D eigenvalue weighted by atomic mass is 32.2. The van der Waals surface area contributed by atoms with Crippen LogP contribution in [-0.4, -0.2) is 44.7 Å². The van der Waals surface area contributed by atoms with Crippen molar-refractivity contribution in [2.24, 2.45) is 0 Å². The van der Waals surface area contributed by atoms with Crippen LogP contribution in [0.25, 0.3) is 0 Å². The standard InChI is InChI=1S/C12H16N2O5S/c1-9(15)11-5-4-10(8-12(11)14(16)17)13(2)6-7-20(3,18)19/h4-5,8H,6-7H2,1-3H3. The van der Waals surface area contributed by atoms with E-state index in [1.165, 1.54) is 19.1 Å². The van der Waals surface area contributed by atoms with Crippen molar-refractivity contribution in [3.63, 3.8) is 0 Å². The number of anilines is 1. The fraction of sp³-hybridized carbons (Fsp3) is 0.417. The first-order valence-electron chi connectivity index (χ1n) is 5.80. The van der Waals surface area contributed by atoms with Crippen LogP contribution in [0.3, 0.4) is 0 Å². The van der Waals surface area contributed by atoms with Gasteiger partial charge in [-0.1, -0.05) is 0 Å². The first kappa shape index (κ1) is 16.1. The number of benzene rings is 1. The molecule has 0 aliphatic carbocycles. The molecule has 0 aliphatic rings. The Balaban J connectivity index is 3.06. The maximum atomic E-state index is 11.3. The van der Waals surface area contributed by atoms with Crippen LogP contribution in [0.1, 0.15) is 17.3 Å². The van der Waals surface area contributed by atoms with Crippen molar-refractivity contribution < 1.29 is 18.1 Å². The molecule has 1 aromatic carbocycles. The van der Waals surface area contributed by atoms with Crippen molar-refractivity contribution in [2.45, 2.75) is 6.92 Å². The predicted octanol–water partition coefficient (Wildman–Crippen LogP) is 1.28. The number of Topliss-reactive ketones (excluding diaryl/α,β-unsaturated/α-hetero) is 1. The van der Waals surface area contributed by atoms with E-state index in [0.29, 0.717) is 5.69 Å². The zero-order chi connectivity index (χ0) is 15.5. The third kappa shape index (κ3) is 4.30. The maximum Gasteiger partial charge on any atom is 0.282 e. The Morgan fingerprint density at radius 3 is 2.45 bits per heavy atom. The van der Waals surface area contributed by atoms with Crippen LogP contribution in [0.4, 0.5) is 11.4 Å². The van der Waals surface area contributed by atoms with E-state index in [1.54, 1.807) is 18.0 Å². The van der Waals surface area contributed by atoms with E-state index in [4.69, 9.17) is 0 Å². The smallest absolute Gasteiger partial charge is 0.282 e. The van der Waals surface area contributed by atoms with Gasteiger partial charge in [-0.2, -0.15) is 0 Å². The number of carbonyl (C=O) groups excluding carboxylic acids is 1. The van der Waals surface area contributed by atoms with Crippen molar-refractivity contribution in [3.8, 4) is 0 Å². The number of nitro benzene ring substituents is 1. The van der Waals surface area contributed by atoms with Crippen LogP contribution >= 0.6 is 0 Å². The number of nitrogens with zero attached hydrogens (tertiary/aromatic N) is 2. The second-order valence-electron chi connectivity index (χ2n) is 4.57. The van der Waals surface area contributed by atoms with Gasteiger partial charge in [0, 0.05) is 31.6 Å². The number of rotatable bonds is 6. The Hall–Kier alpha value is -1.96. The summed E-state index contributed by atoms with van der Waals surface area (Å²) < 4.78 is 22.2. The van der Waals surface area contributed by atoms with Crippen LogP contribution in [0.5, 0.6) is 0 Å². The minimum absolute atomic E-state index is 0.0373. The van der Waals surface area contributed by atoms with Crippen molar-refractivity contribution in [3.05, 3.63) is 33.9 Å². The molecule has 0 amide bonds. The van der Waals surface area contributed by atoms with Gasteiger partial charge in [-0.05, 0) is 19.1 Å². The normalized spacial score (nSPS) is 11.2. The fourth-order valence-electron chi connectivity index (χ4n) is 1.64. The van der Waals surface area contributed by atoms with Crippen LogP contribution in [0, 0.1) is 10.1 Å². The van der Waals surface area contributed by atoms with E-state index in [0.717, 1.165) is 6.26 Å². The average Bonchev–Trinajstić information content (AvgIpc) is 2.34. The van der Waals surface area contributed by atoms with E-state index in [9.17, 15) is 23.3 Å². The van der Waals surface area contributed by atoms with Gasteiger partial charge in [0.2, 0.25) is 0 Å². The minimum Gasteiger partial charge on any atom is -0.373 e. The summed E-state index contributed by atoms with van der Waals surface area (Å²) in [5.41, 5.74) is 0.252. The van der Waals surface area contributed by atoms with Crippen LogP contribution < -0.4 is 4.90 Å². The largest absolute Gasteiger partial charge is 0.373 e. The Labute approximate surface area is 117 Å². The van der Waals surface area contributed by atoms with Gasteiger partial charge in [0.1, 0.15) is 9.84 Å². The van der Waals surface area contributed by atoms with E-state index in [-0.39, 0.29) is 29.3 Å². The zero-order valence-corrected chi connectivity index (χ0v) is 12.3. The van der Waals surface area contributed by atoms with Gasteiger partial charge in [-0.25, -0.2) is 8.42 Å². The number of hydrogen-bond donors (Lipinski definition) is 0. The Morgan fingerprint density at radius 1 is 1.40 bits per heavy atom. The molecular weight excluding hydrogens is 284 g/mol. The summed E-state index contributed by atoms with van der Waals surface area (Å²) in [4.78, 5) is 23.2. The quantitative estimate of drug-likeness (QED) is 0.446. The molecule has 0 fully saturated rings. The van der Waals surface area contributed by atoms with Gasteiger partial charge in [0.15, 0.2) is 5.78 Å². The molecule has 0 saturated heterocycles. The van der Waals surface area contributed by atoms with E-state index in [1.807, 2.05) is 0 Å². The molecule has 0 aromatic heterocycles. The summed E-state index contributed by atoms with van der Waals surface area (Å²) in [7, 11) is -1.47. The van der Waals surface area contributed by atoms with Crippen molar-refractivity contribution >= 4 is 27.0 Å². The van der Waals surface area contributed by atoms with Crippen LogP contribution in [0.2, 0.25) is 0 Å². The topological polar surface area (TPSA) is 97.6 Å². The monoisotopic (exact) mass is 300 g/mol. The SMILES string of the molecule is CC(=O)c1ccc(N(C)CCS(C)(=O)=O)cc1[N+](=O)[O-]. The highest BCUT2D eigenvalue weighted by Gasteiger charge is 2.19. The molecule has 0 bridgehead atoms. The van der Waals surface area contributed by atoms with E-state index < -0.39 is 14.8 Å². The first-order chi connectivity index (χ1) is 9.11. The zero-order valence-electron chi connectivity index (χ0n) is 11.5. The molecule has 0 unspecified atom stereocenters. The lowest BCUT2D eigenvalue weighted by molar-refractivity contribution is -0.385. The molecule has 0 radical (unpaired) electrons. The first-order valence-corrected chi connectivity index (χ1v) is 7.86. The Morgan fingerprint density at radius 2 is 2.00 bits per heavy atom. The predicted molar refractivity (Wildman–Crippen MR) is 76.1 cm³/mol. The maximum absolute atomic E-state index is 11.3. The molecule has 0 saturated carbocycles. The van der Waals surface area contributed by atoms with Crippen molar-refractivity contribution in [1.29, 1.82) is 0 Å². The van der Waals surface area contributed by atoms with Crippen LogP contribution in [-0.2, 0) is 9.84 Å². The molecule has 0 atom stereocenters. The lowest BCUT2D eigenvalue weighted by atomic mass is 10.1. The third-order valence-corrected chi connectivity index (χ3v) is 3.72. The third-order valence-electron chi connectivity index (χ3n) is 2.80. The summed E-state index contributed by atoms with van der Waals surface area (Å²) in [6, 6.07) is 4.22. The molecule has 1 rings (SSSR count). The van der Waals surface area contributed by atoms with E-state index in [2.05, 4.69) is 0 Å².